The average Bonchev–Trinajstić information content (AvgIpc) is 3.06. The SMILES string of the molecule is C[C@@H](OC(=O)c1ccc(Br)o1)C(=O)NCc1ccco1. The van der Waals surface area contributed by atoms with E-state index in [1.807, 2.05) is 0 Å². The number of rotatable bonds is 5. The minimum absolute atomic E-state index is 0.0301. The van der Waals surface area contributed by atoms with Crippen LogP contribution in [0.15, 0.2) is 44.0 Å². The maximum absolute atomic E-state index is 11.7. The fourth-order valence-electron chi connectivity index (χ4n) is 1.43. The fourth-order valence-corrected chi connectivity index (χ4v) is 1.73. The predicted octanol–water partition coefficient (Wildman–Crippen LogP) is 2.50. The molecule has 0 aliphatic rings. The molecule has 0 radical (unpaired) electrons. The molecule has 6 nitrogen and oxygen atoms in total. The molecule has 7 heteroatoms. The van der Waals surface area contributed by atoms with Gasteiger partial charge in [0.1, 0.15) is 5.76 Å². The van der Waals surface area contributed by atoms with E-state index < -0.39 is 18.0 Å². The lowest BCUT2D eigenvalue weighted by molar-refractivity contribution is -0.129. The van der Waals surface area contributed by atoms with Crippen LogP contribution in [-0.4, -0.2) is 18.0 Å². The molecule has 0 fully saturated rings. The van der Waals surface area contributed by atoms with Gasteiger partial charge in [-0.2, -0.15) is 0 Å². The number of hydrogen-bond acceptors (Lipinski definition) is 5. The van der Waals surface area contributed by atoms with Crippen LogP contribution < -0.4 is 5.32 Å². The molecule has 0 aliphatic heterocycles. The Morgan fingerprint density at radius 2 is 2.20 bits per heavy atom. The van der Waals surface area contributed by atoms with Crippen molar-refractivity contribution in [2.75, 3.05) is 0 Å². The maximum Gasteiger partial charge on any atom is 0.375 e. The van der Waals surface area contributed by atoms with Crippen LogP contribution in [0.1, 0.15) is 23.2 Å². The van der Waals surface area contributed by atoms with Crippen molar-refractivity contribution in [1.29, 1.82) is 0 Å². The van der Waals surface area contributed by atoms with E-state index in [1.165, 1.54) is 19.3 Å². The summed E-state index contributed by atoms with van der Waals surface area (Å²) in [6.07, 6.45) is 0.584. The molecule has 1 atom stereocenters. The monoisotopic (exact) mass is 341 g/mol. The molecule has 0 aliphatic carbocycles. The summed E-state index contributed by atoms with van der Waals surface area (Å²) in [5.74, 6) is -0.467. The number of esters is 1. The summed E-state index contributed by atoms with van der Waals surface area (Å²) in [6.45, 7) is 1.72. The van der Waals surface area contributed by atoms with E-state index in [9.17, 15) is 9.59 Å². The van der Waals surface area contributed by atoms with Crippen LogP contribution >= 0.6 is 15.9 Å². The number of hydrogen-bond donors (Lipinski definition) is 1. The van der Waals surface area contributed by atoms with Gasteiger partial charge in [-0.25, -0.2) is 4.79 Å². The van der Waals surface area contributed by atoms with Crippen LogP contribution in [0.25, 0.3) is 0 Å². The number of amides is 1. The molecule has 0 aromatic carbocycles. The number of carbonyl (C=O) groups is 2. The van der Waals surface area contributed by atoms with Gasteiger partial charge in [-0.05, 0) is 47.1 Å². The molecule has 2 aromatic rings. The number of furan rings is 2. The molecule has 0 spiro atoms. The molecule has 0 saturated carbocycles. The normalized spacial score (nSPS) is 11.9. The molecule has 0 saturated heterocycles. The molecule has 106 valence electrons. The first-order valence-corrected chi connectivity index (χ1v) is 6.62. The van der Waals surface area contributed by atoms with E-state index in [1.54, 1.807) is 18.2 Å². The zero-order valence-electron chi connectivity index (χ0n) is 10.6. The van der Waals surface area contributed by atoms with E-state index in [2.05, 4.69) is 21.2 Å². The van der Waals surface area contributed by atoms with Crippen molar-refractivity contribution in [3.05, 3.63) is 46.7 Å². The van der Waals surface area contributed by atoms with Crippen LogP contribution in [0.4, 0.5) is 0 Å². The summed E-state index contributed by atoms with van der Waals surface area (Å²) in [4.78, 5) is 23.4. The smallest absolute Gasteiger partial charge is 0.375 e. The minimum atomic E-state index is -0.929. The van der Waals surface area contributed by atoms with Crippen LogP contribution in [0.5, 0.6) is 0 Å². The average molecular weight is 342 g/mol. The topological polar surface area (TPSA) is 81.7 Å². The lowest BCUT2D eigenvalue weighted by atomic mass is 10.3. The fraction of sp³-hybridized carbons (Fsp3) is 0.231. The quantitative estimate of drug-likeness (QED) is 0.845. The molecule has 1 N–H and O–H groups in total. The van der Waals surface area contributed by atoms with Crippen molar-refractivity contribution >= 4 is 27.8 Å². The summed E-state index contributed by atoms with van der Waals surface area (Å²) in [7, 11) is 0. The van der Waals surface area contributed by atoms with Gasteiger partial charge in [0.2, 0.25) is 5.76 Å². The van der Waals surface area contributed by atoms with Crippen LogP contribution in [0, 0.1) is 0 Å². The highest BCUT2D eigenvalue weighted by Gasteiger charge is 2.20. The molecule has 20 heavy (non-hydrogen) atoms. The van der Waals surface area contributed by atoms with Gasteiger partial charge in [-0.15, -0.1) is 0 Å². The van der Waals surface area contributed by atoms with Crippen LogP contribution in [-0.2, 0) is 16.1 Å². The second-order valence-corrected chi connectivity index (χ2v) is 4.73. The van der Waals surface area contributed by atoms with Gasteiger partial charge in [0.25, 0.3) is 5.91 Å². The van der Waals surface area contributed by atoms with Gasteiger partial charge in [-0.3, -0.25) is 4.79 Å². The van der Waals surface area contributed by atoms with Crippen molar-refractivity contribution < 1.29 is 23.2 Å². The van der Waals surface area contributed by atoms with Gasteiger partial charge in [0, 0.05) is 0 Å². The second kappa shape index (κ2) is 6.42. The Morgan fingerprint density at radius 3 is 2.80 bits per heavy atom. The Bertz CT molecular complexity index is 590. The van der Waals surface area contributed by atoms with E-state index in [4.69, 9.17) is 13.6 Å². The molecule has 2 rings (SSSR count). The summed E-state index contributed by atoms with van der Waals surface area (Å²) < 4.78 is 15.5. The largest absolute Gasteiger partial charge is 0.467 e. The van der Waals surface area contributed by atoms with Gasteiger partial charge in [0.05, 0.1) is 12.8 Å². The van der Waals surface area contributed by atoms with E-state index in [0.29, 0.717) is 10.4 Å². The van der Waals surface area contributed by atoms with Crippen LogP contribution in [0.3, 0.4) is 0 Å². The Balaban J connectivity index is 1.83. The van der Waals surface area contributed by atoms with Gasteiger partial charge >= 0.3 is 5.97 Å². The summed E-state index contributed by atoms with van der Waals surface area (Å²) in [5, 5.41) is 2.60. The molecule has 2 heterocycles. The highest BCUT2D eigenvalue weighted by molar-refractivity contribution is 9.10. The van der Waals surface area contributed by atoms with Crippen molar-refractivity contribution in [1.82, 2.24) is 5.32 Å². The number of halogens is 1. The van der Waals surface area contributed by atoms with Gasteiger partial charge in [-0.1, -0.05) is 0 Å². The predicted molar refractivity (Wildman–Crippen MR) is 71.8 cm³/mol. The third-order valence-electron chi connectivity index (χ3n) is 2.44. The second-order valence-electron chi connectivity index (χ2n) is 3.95. The maximum atomic E-state index is 11.7. The number of carbonyl (C=O) groups excluding carboxylic acids is 2. The summed E-state index contributed by atoms with van der Waals surface area (Å²) in [6, 6.07) is 6.48. The standard InChI is InChI=1S/C13H12BrNO5/c1-8(12(16)15-7-9-3-2-6-18-9)19-13(17)10-4-5-11(14)20-10/h2-6,8H,7H2,1H3,(H,15,16)/t8-/m1/s1. The lowest BCUT2D eigenvalue weighted by Gasteiger charge is -2.11. The van der Waals surface area contributed by atoms with E-state index in [-0.39, 0.29) is 12.3 Å². The highest BCUT2D eigenvalue weighted by atomic mass is 79.9. The molecule has 1 amide bonds. The Hall–Kier alpha value is -2.02. The van der Waals surface area contributed by atoms with Gasteiger partial charge < -0.3 is 18.9 Å². The first-order chi connectivity index (χ1) is 9.56. The number of nitrogens with one attached hydrogen (secondary N) is 1. The van der Waals surface area contributed by atoms with E-state index >= 15 is 0 Å². The van der Waals surface area contributed by atoms with Crippen molar-refractivity contribution in [3.63, 3.8) is 0 Å². The Labute approximate surface area is 123 Å². The first kappa shape index (κ1) is 14.4. The Kier molecular flexibility index (Phi) is 4.62. The molecule has 2 aromatic heterocycles. The van der Waals surface area contributed by atoms with Gasteiger partial charge in [0.15, 0.2) is 10.8 Å². The third kappa shape index (κ3) is 3.74. The van der Waals surface area contributed by atoms with Crippen LogP contribution in [0.2, 0.25) is 0 Å². The highest BCUT2D eigenvalue weighted by Crippen LogP contribution is 2.15. The lowest BCUT2D eigenvalue weighted by Crippen LogP contribution is -2.35. The minimum Gasteiger partial charge on any atom is -0.467 e. The first-order valence-electron chi connectivity index (χ1n) is 5.82. The molecular weight excluding hydrogens is 330 g/mol. The third-order valence-corrected chi connectivity index (χ3v) is 2.87. The summed E-state index contributed by atoms with van der Waals surface area (Å²) >= 11 is 3.08. The zero-order valence-corrected chi connectivity index (χ0v) is 12.2. The molecule has 0 unspecified atom stereocenters. The van der Waals surface area contributed by atoms with Crippen molar-refractivity contribution in [2.24, 2.45) is 0 Å². The molecular formula is C13H12BrNO5. The van der Waals surface area contributed by atoms with E-state index in [0.717, 1.165) is 0 Å². The Morgan fingerprint density at radius 1 is 1.40 bits per heavy atom. The number of ether oxygens (including phenoxy) is 1. The molecule has 0 bridgehead atoms. The zero-order chi connectivity index (χ0) is 14.5. The summed E-state index contributed by atoms with van der Waals surface area (Å²) in [5.41, 5.74) is 0. The van der Waals surface area contributed by atoms with Crippen molar-refractivity contribution in [2.45, 2.75) is 19.6 Å². The van der Waals surface area contributed by atoms with Crippen molar-refractivity contribution in [3.8, 4) is 0 Å².